The highest BCUT2D eigenvalue weighted by Gasteiger charge is 2.24. The fourth-order valence-electron chi connectivity index (χ4n) is 5.73. The van der Waals surface area contributed by atoms with Gasteiger partial charge in [0.1, 0.15) is 20.4 Å². The highest BCUT2D eigenvalue weighted by Crippen LogP contribution is 2.43. The fraction of sp³-hybridized carbons (Fsp3) is 0.0571. The van der Waals surface area contributed by atoms with Crippen LogP contribution in [0.1, 0.15) is 21.5 Å². The maximum atomic E-state index is 12.7. The van der Waals surface area contributed by atoms with Gasteiger partial charge in [0, 0.05) is 33.1 Å². The number of fused-ring (bicyclic) bond motifs is 2. The largest absolute Gasteiger partial charge is 0.505 e. The summed E-state index contributed by atoms with van der Waals surface area (Å²) >= 11 is 0. The van der Waals surface area contributed by atoms with Crippen LogP contribution >= 0.6 is 0 Å². The lowest BCUT2D eigenvalue weighted by atomic mass is 10.1. The first-order valence-corrected chi connectivity index (χ1v) is 19.9. The van der Waals surface area contributed by atoms with Gasteiger partial charge in [0.25, 0.3) is 36.3 Å². The first kappa shape index (κ1) is 38.6. The van der Waals surface area contributed by atoms with E-state index in [-0.39, 0.29) is 44.3 Å². The Morgan fingerprint density at radius 3 is 1.78 bits per heavy atom. The summed E-state index contributed by atoms with van der Waals surface area (Å²) in [7, 11) is -14.7. The smallest absolute Gasteiger partial charge is 0.296 e. The van der Waals surface area contributed by atoms with E-state index in [0.29, 0.717) is 22.4 Å². The van der Waals surface area contributed by atoms with Crippen LogP contribution in [0.4, 0.5) is 34.1 Å². The number of carbonyl (C=O) groups is 1. The van der Waals surface area contributed by atoms with Gasteiger partial charge in [-0.05, 0) is 109 Å². The summed E-state index contributed by atoms with van der Waals surface area (Å²) in [6, 6.07) is 20.1. The minimum absolute atomic E-state index is 0.130. The van der Waals surface area contributed by atoms with E-state index in [9.17, 15) is 48.8 Å². The summed E-state index contributed by atoms with van der Waals surface area (Å²) in [6.07, 6.45) is 0. The van der Waals surface area contributed by atoms with Crippen molar-refractivity contribution in [2.24, 2.45) is 20.5 Å². The molecule has 55 heavy (non-hydrogen) atoms. The average Bonchev–Trinajstić information content (AvgIpc) is 3.09. The summed E-state index contributed by atoms with van der Waals surface area (Å²) in [5, 5.41) is 29.9. The summed E-state index contributed by atoms with van der Waals surface area (Å²) in [5.74, 6) is -1.10. The van der Waals surface area contributed by atoms with Gasteiger partial charge in [0.2, 0.25) is 0 Å². The summed E-state index contributed by atoms with van der Waals surface area (Å²) in [4.78, 5) is 10.7. The van der Waals surface area contributed by atoms with E-state index in [1.54, 1.807) is 26.0 Å². The number of phenolic OH excluding ortho intramolecular Hbond substituents is 1. The molecule has 282 valence electrons. The third-order valence-corrected chi connectivity index (χ3v) is 10.9. The first-order valence-electron chi connectivity index (χ1n) is 15.6. The van der Waals surface area contributed by atoms with Gasteiger partial charge in [-0.3, -0.25) is 18.5 Å². The zero-order valence-electron chi connectivity index (χ0n) is 28.4. The Bertz CT molecular complexity index is 2970. The molecule has 0 atom stereocenters. The van der Waals surface area contributed by atoms with Crippen molar-refractivity contribution in [3.8, 4) is 5.75 Å². The van der Waals surface area contributed by atoms with Crippen molar-refractivity contribution in [2.75, 3.05) is 11.1 Å². The normalized spacial score (nSPS) is 12.6. The quantitative estimate of drug-likeness (QED) is 0.0465. The molecule has 0 aromatic heterocycles. The average molecular weight is 805 g/mol. The van der Waals surface area contributed by atoms with Crippen molar-refractivity contribution in [1.29, 1.82) is 0 Å². The number of aryl methyl sites for hydroxylation is 2. The molecule has 0 aliphatic rings. The third kappa shape index (κ3) is 8.18. The van der Waals surface area contributed by atoms with E-state index in [4.69, 9.17) is 5.73 Å². The number of carbonyl (C=O) groups excluding carboxylic acids is 1. The van der Waals surface area contributed by atoms with Crippen LogP contribution in [0.15, 0.2) is 126 Å². The number of phenols is 1. The summed E-state index contributed by atoms with van der Waals surface area (Å²) < 4.78 is 103. The van der Waals surface area contributed by atoms with Crippen molar-refractivity contribution >= 4 is 91.9 Å². The zero-order chi connectivity index (χ0) is 40.0. The molecule has 6 aromatic carbocycles. The monoisotopic (exact) mass is 804 g/mol. The number of hydrogen-bond donors (Lipinski definition) is 6. The lowest BCUT2D eigenvalue weighted by Gasteiger charge is -2.12. The number of amides is 1. The maximum absolute atomic E-state index is 12.7. The van der Waals surface area contributed by atoms with E-state index < -0.39 is 62.4 Å². The van der Waals surface area contributed by atoms with Gasteiger partial charge >= 0.3 is 0 Å². The molecule has 20 heteroatoms. The SMILES string of the molecule is Cc1cc(N=Nc2cc(S(=O)(=O)O)c3cccc(S(=O)(=O)O)c3c2)cc(C)c1N=Nc1c(S(=O)(=O)O)cc2cc(NC(=O)c3ccc(N)cc3)ccc2c1O. The number of azo groups is 2. The lowest BCUT2D eigenvalue weighted by molar-refractivity contribution is 0.102. The molecule has 0 bridgehead atoms. The number of nitrogens with one attached hydrogen (secondary N) is 1. The molecule has 0 saturated carbocycles. The van der Waals surface area contributed by atoms with Crippen LogP contribution in [-0.4, -0.2) is 49.9 Å². The molecule has 0 aliphatic carbocycles. The molecule has 1 amide bonds. The molecule has 7 N–H and O–H groups in total. The fourth-order valence-corrected chi connectivity index (χ4v) is 7.81. The minimum Gasteiger partial charge on any atom is -0.505 e. The molecule has 0 spiro atoms. The second-order valence-electron chi connectivity index (χ2n) is 12.1. The van der Waals surface area contributed by atoms with Crippen LogP contribution in [0.5, 0.6) is 5.75 Å². The Morgan fingerprint density at radius 2 is 1.18 bits per heavy atom. The van der Waals surface area contributed by atoms with Crippen LogP contribution < -0.4 is 11.1 Å². The van der Waals surface area contributed by atoms with Crippen LogP contribution in [0.25, 0.3) is 21.5 Å². The predicted molar refractivity (Wildman–Crippen MR) is 202 cm³/mol. The molecule has 0 radical (unpaired) electrons. The van der Waals surface area contributed by atoms with E-state index in [2.05, 4.69) is 25.8 Å². The standard InChI is InChI=1S/C35H28N6O11S3/c1-18-12-24(38-39-25-16-28-27(30(17-25)54(47,48)49)4-3-5-29(28)53(44,45)46)13-19(2)32(18)40-41-33-31(55(50,51)52)15-21-14-23(10-11-26(21)34(33)42)37-35(43)20-6-8-22(36)9-7-20/h3-17,42H,36H2,1-2H3,(H,37,43)(H,44,45,46)(H,47,48,49)(H,50,51,52). The molecular formula is C35H28N6O11S3. The van der Waals surface area contributed by atoms with Crippen molar-refractivity contribution in [3.05, 3.63) is 108 Å². The maximum Gasteiger partial charge on any atom is 0.296 e. The van der Waals surface area contributed by atoms with E-state index in [0.717, 1.165) is 18.2 Å². The van der Waals surface area contributed by atoms with Crippen LogP contribution in [0.3, 0.4) is 0 Å². The van der Waals surface area contributed by atoms with Crippen LogP contribution in [0, 0.1) is 13.8 Å². The van der Waals surface area contributed by atoms with Crippen molar-refractivity contribution in [1.82, 2.24) is 0 Å². The minimum atomic E-state index is -4.97. The Hall–Kier alpha value is -6.16. The number of nitrogen functional groups attached to an aromatic ring is 1. The second-order valence-corrected chi connectivity index (χ2v) is 16.3. The molecular weight excluding hydrogens is 777 g/mol. The highest BCUT2D eigenvalue weighted by atomic mass is 32.2. The molecule has 6 rings (SSSR count). The number of aromatic hydroxyl groups is 1. The van der Waals surface area contributed by atoms with E-state index in [1.807, 2.05) is 0 Å². The Labute approximate surface area is 313 Å². The van der Waals surface area contributed by atoms with Gasteiger partial charge < -0.3 is 16.2 Å². The van der Waals surface area contributed by atoms with Gasteiger partial charge in [0.15, 0.2) is 5.75 Å². The van der Waals surface area contributed by atoms with Gasteiger partial charge in [-0.1, -0.05) is 12.1 Å². The Kier molecular flexibility index (Phi) is 9.99. The predicted octanol–water partition coefficient (Wildman–Crippen LogP) is 7.72. The Morgan fingerprint density at radius 1 is 0.600 bits per heavy atom. The van der Waals surface area contributed by atoms with Gasteiger partial charge in [0.05, 0.1) is 17.1 Å². The number of hydrogen-bond acceptors (Lipinski definition) is 13. The molecule has 0 unspecified atom stereocenters. The lowest BCUT2D eigenvalue weighted by Crippen LogP contribution is -2.11. The Balaban J connectivity index is 1.34. The van der Waals surface area contributed by atoms with Crippen molar-refractivity contribution in [2.45, 2.75) is 28.5 Å². The van der Waals surface area contributed by atoms with E-state index in [1.165, 1.54) is 60.7 Å². The van der Waals surface area contributed by atoms with Gasteiger partial charge in [-0.15, -0.1) is 10.2 Å². The molecule has 0 aliphatic heterocycles. The zero-order valence-corrected chi connectivity index (χ0v) is 30.8. The molecule has 17 nitrogen and oxygen atoms in total. The molecule has 0 saturated heterocycles. The van der Waals surface area contributed by atoms with Crippen molar-refractivity contribution in [3.63, 3.8) is 0 Å². The van der Waals surface area contributed by atoms with Crippen molar-refractivity contribution < 1.29 is 48.8 Å². The number of nitrogens with zero attached hydrogens (tertiary/aromatic N) is 4. The highest BCUT2D eigenvalue weighted by molar-refractivity contribution is 7.86. The second kappa shape index (κ2) is 14.2. The molecule has 6 aromatic rings. The summed E-state index contributed by atoms with van der Waals surface area (Å²) in [5.41, 5.74) is 7.25. The number of benzene rings is 6. The first-order chi connectivity index (χ1) is 25.7. The topological polar surface area (TPSA) is 288 Å². The van der Waals surface area contributed by atoms with Gasteiger partial charge in [-0.2, -0.15) is 35.5 Å². The number of rotatable bonds is 9. The van der Waals surface area contributed by atoms with Gasteiger partial charge in [-0.25, -0.2) is 0 Å². The third-order valence-electron chi connectivity index (χ3n) is 8.22. The molecule has 0 fully saturated rings. The number of anilines is 2. The molecule has 0 heterocycles. The summed E-state index contributed by atoms with van der Waals surface area (Å²) in [6.45, 7) is 3.21. The number of nitrogens with two attached hydrogens (primary N) is 1. The van der Waals surface area contributed by atoms with E-state index >= 15 is 0 Å². The van der Waals surface area contributed by atoms with Crippen LogP contribution in [0.2, 0.25) is 0 Å². The van der Waals surface area contributed by atoms with Crippen LogP contribution in [-0.2, 0) is 30.4 Å².